The molecule has 38 heavy (non-hydrogen) atoms. The number of hydrogen-bond donors (Lipinski definition) is 1. The Kier molecular flexibility index (Phi) is 7.43. The normalized spacial score (nSPS) is 14.3. The van der Waals surface area contributed by atoms with Gasteiger partial charge in [-0.1, -0.05) is 18.9 Å². The largest absolute Gasteiger partial charge is 0.497 e. The van der Waals surface area contributed by atoms with E-state index < -0.39 is 23.7 Å². The Bertz CT molecular complexity index is 1380. The van der Waals surface area contributed by atoms with E-state index in [4.69, 9.17) is 9.15 Å². The number of rotatable bonds is 9. The van der Waals surface area contributed by atoms with E-state index in [0.717, 1.165) is 30.5 Å². The minimum absolute atomic E-state index is 0.00783. The highest BCUT2D eigenvalue weighted by atomic mass is 19.1. The SMILES string of the molecule is COc1ccc(-c2nnn(CC(=O)N(c3cccc(F)c3)C(C(=O)NC3CCCC3)c3ccco3)n2)cc1. The van der Waals surface area contributed by atoms with E-state index in [-0.39, 0.29) is 24.0 Å². The van der Waals surface area contributed by atoms with Gasteiger partial charge in [-0.3, -0.25) is 14.5 Å². The second-order valence-corrected chi connectivity index (χ2v) is 9.02. The van der Waals surface area contributed by atoms with Gasteiger partial charge < -0.3 is 14.5 Å². The topological polar surface area (TPSA) is 115 Å². The molecule has 5 rings (SSSR count). The number of carbonyl (C=O) groups is 2. The second-order valence-electron chi connectivity index (χ2n) is 9.02. The Morgan fingerprint density at radius 2 is 1.95 bits per heavy atom. The van der Waals surface area contributed by atoms with Crippen molar-refractivity contribution in [3.05, 3.63) is 78.5 Å². The number of furan rings is 1. The van der Waals surface area contributed by atoms with Crippen LogP contribution in [0.15, 0.2) is 71.3 Å². The van der Waals surface area contributed by atoms with Gasteiger partial charge in [0, 0.05) is 17.3 Å². The van der Waals surface area contributed by atoms with Crippen molar-refractivity contribution >= 4 is 17.5 Å². The molecule has 2 aromatic heterocycles. The molecule has 4 aromatic rings. The lowest BCUT2D eigenvalue weighted by Crippen LogP contribution is -2.47. The third-order valence-corrected chi connectivity index (χ3v) is 6.45. The molecule has 0 radical (unpaired) electrons. The van der Waals surface area contributed by atoms with Crippen LogP contribution >= 0.6 is 0 Å². The van der Waals surface area contributed by atoms with Gasteiger partial charge in [0.25, 0.3) is 11.8 Å². The molecule has 0 bridgehead atoms. The number of aromatic nitrogens is 4. The summed E-state index contributed by atoms with van der Waals surface area (Å²) in [5.41, 5.74) is 0.893. The molecule has 2 heterocycles. The first kappa shape index (κ1) is 25.1. The zero-order chi connectivity index (χ0) is 26.5. The summed E-state index contributed by atoms with van der Waals surface area (Å²) in [4.78, 5) is 29.7. The number of methoxy groups -OCH3 is 1. The van der Waals surface area contributed by atoms with Gasteiger partial charge in [0.1, 0.15) is 23.9 Å². The van der Waals surface area contributed by atoms with E-state index in [1.54, 1.807) is 49.6 Å². The molecule has 10 nitrogen and oxygen atoms in total. The molecule has 2 aromatic carbocycles. The molecule has 0 aliphatic heterocycles. The zero-order valence-electron chi connectivity index (χ0n) is 20.8. The number of nitrogens with zero attached hydrogens (tertiary/aromatic N) is 5. The fourth-order valence-corrected chi connectivity index (χ4v) is 4.60. The number of ether oxygens (including phenoxy) is 1. The van der Waals surface area contributed by atoms with Gasteiger partial charge in [-0.2, -0.15) is 4.80 Å². The minimum Gasteiger partial charge on any atom is -0.497 e. The number of hydrogen-bond acceptors (Lipinski definition) is 7. The van der Waals surface area contributed by atoms with Gasteiger partial charge in [-0.25, -0.2) is 4.39 Å². The summed E-state index contributed by atoms with van der Waals surface area (Å²) in [5.74, 6) is -0.243. The lowest BCUT2D eigenvalue weighted by atomic mass is 10.1. The van der Waals surface area contributed by atoms with Crippen LogP contribution < -0.4 is 15.0 Å². The first-order chi connectivity index (χ1) is 18.5. The molecule has 1 fully saturated rings. The average Bonchev–Trinajstić information content (AvgIpc) is 3.71. The van der Waals surface area contributed by atoms with Crippen LogP contribution in [0.2, 0.25) is 0 Å². The number of halogens is 1. The lowest BCUT2D eigenvalue weighted by Gasteiger charge is -2.30. The van der Waals surface area contributed by atoms with Crippen molar-refractivity contribution < 1.29 is 23.1 Å². The molecule has 0 spiro atoms. The smallest absolute Gasteiger partial charge is 0.251 e. The van der Waals surface area contributed by atoms with E-state index in [0.29, 0.717) is 17.1 Å². The van der Waals surface area contributed by atoms with Crippen LogP contribution in [0.1, 0.15) is 37.5 Å². The van der Waals surface area contributed by atoms with Gasteiger partial charge in [0.15, 0.2) is 6.04 Å². The van der Waals surface area contributed by atoms with Gasteiger partial charge in [0.05, 0.1) is 13.4 Å². The van der Waals surface area contributed by atoms with Crippen molar-refractivity contribution in [2.45, 2.75) is 44.3 Å². The van der Waals surface area contributed by atoms with Crippen molar-refractivity contribution in [3.63, 3.8) is 0 Å². The van der Waals surface area contributed by atoms with E-state index in [9.17, 15) is 14.0 Å². The van der Waals surface area contributed by atoms with Crippen molar-refractivity contribution in [3.8, 4) is 17.1 Å². The van der Waals surface area contributed by atoms with E-state index >= 15 is 0 Å². The van der Waals surface area contributed by atoms with E-state index in [2.05, 4.69) is 20.7 Å². The van der Waals surface area contributed by atoms with Crippen LogP contribution in [-0.2, 0) is 16.1 Å². The Hall–Kier alpha value is -4.54. The maximum Gasteiger partial charge on any atom is 0.251 e. The highest BCUT2D eigenvalue weighted by Crippen LogP contribution is 2.30. The molecule has 196 valence electrons. The van der Waals surface area contributed by atoms with Crippen molar-refractivity contribution in [2.75, 3.05) is 12.0 Å². The maximum atomic E-state index is 14.3. The predicted octanol–water partition coefficient (Wildman–Crippen LogP) is 3.91. The molecule has 1 unspecified atom stereocenters. The van der Waals surface area contributed by atoms with Gasteiger partial charge >= 0.3 is 0 Å². The molecular formula is C27H27FN6O4. The second kappa shape index (κ2) is 11.2. The molecule has 1 atom stereocenters. The monoisotopic (exact) mass is 518 g/mol. The summed E-state index contributed by atoms with van der Waals surface area (Å²) in [6, 6.07) is 14.7. The van der Waals surface area contributed by atoms with Crippen LogP contribution in [0.4, 0.5) is 10.1 Å². The van der Waals surface area contributed by atoms with Crippen LogP contribution in [0.25, 0.3) is 11.4 Å². The van der Waals surface area contributed by atoms with Crippen LogP contribution in [0, 0.1) is 5.82 Å². The number of benzene rings is 2. The molecule has 1 N–H and O–H groups in total. The molecular weight excluding hydrogens is 491 g/mol. The maximum absolute atomic E-state index is 14.3. The highest BCUT2D eigenvalue weighted by Gasteiger charge is 2.36. The summed E-state index contributed by atoms with van der Waals surface area (Å²) >= 11 is 0. The molecule has 11 heteroatoms. The van der Waals surface area contributed by atoms with E-state index in [1.807, 2.05) is 0 Å². The number of tetrazole rings is 1. The van der Waals surface area contributed by atoms with Crippen molar-refractivity contribution in [2.24, 2.45) is 0 Å². The first-order valence-electron chi connectivity index (χ1n) is 12.4. The number of amides is 2. The Balaban J connectivity index is 1.45. The fraction of sp³-hybridized carbons (Fsp3) is 0.296. The van der Waals surface area contributed by atoms with Gasteiger partial charge in [-0.15, -0.1) is 10.2 Å². The minimum atomic E-state index is -1.16. The third-order valence-electron chi connectivity index (χ3n) is 6.45. The Labute approximate surface area is 218 Å². The molecule has 1 aliphatic rings. The highest BCUT2D eigenvalue weighted by molar-refractivity contribution is 6.01. The predicted molar refractivity (Wildman–Crippen MR) is 136 cm³/mol. The number of anilines is 1. The molecule has 0 saturated heterocycles. The molecule has 2 amide bonds. The van der Waals surface area contributed by atoms with Gasteiger partial charge in [0.2, 0.25) is 5.82 Å². The quantitative estimate of drug-likeness (QED) is 0.357. The summed E-state index contributed by atoms with van der Waals surface area (Å²) in [6.07, 6.45) is 5.21. The van der Waals surface area contributed by atoms with Crippen LogP contribution in [-0.4, -0.2) is 45.2 Å². The Morgan fingerprint density at radius 3 is 2.63 bits per heavy atom. The fourth-order valence-electron chi connectivity index (χ4n) is 4.60. The number of carbonyl (C=O) groups excluding carboxylic acids is 2. The van der Waals surface area contributed by atoms with E-state index in [1.165, 1.54) is 29.4 Å². The first-order valence-corrected chi connectivity index (χ1v) is 12.4. The van der Waals surface area contributed by atoms with Crippen molar-refractivity contribution in [1.29, 1.82) is 0 Å². The van der Waals surface area contributed by atoms with Gasteiger partial charge in [-0.05, 0) is 72.7 Å². The third kappa shape index (κ3) is 5.56. The molecule has 1 saturated carbocycles. The summed E-state index contributed by atoms with van der Waals surface area (Å²) in [5, 5.41) is 15.4. The zero-order valence-corrected chi connectivity index (χ0v) is 20.8. The summed E-state index contributed by atoms with van der Waals surface area (Å²) in [6.45, 7) is -0.340. The molecule has 1 aliphatic carbocycles. The lowest BCUT2D eigenvalue weighted by molar-refractivity contribution is -0.128. The Morgan fingerprint density at radius 1 is 1.16 bits per heavy atom. The standard InChI is InChI=1S/C27H27FN6O4/c1-37-22-13-11-18(12-14-22)26-30-32-33(31-26)17-24(35)34(21-9-4-6-19(28)16-21)25(23-10-5-15-38-23)27(36)29-20-7-2-3-8-20/h4-6,9-16,20,25H,2-3,7-8,17H2,1H3,(H,29,36). The van der Waals surface area contributed by atoms with Crippen molar-refractivity contribution in [1.82, 2.24) is 25.5 Å². The average molecular weight is 519 g/mol. The summed E-state index contributed by atoms with van der Waals surface area (Å²) in [7, 11) is 1.57. The number of nitrogens with one attached hydrogen (secondary N) is 1. The summed E-state index contributed by atoms with van der Waals surface area (Å²) < 4.78 is 25.0. The van der Waals surface area contributed by atoms with Crippen LogP contribution in [0.3, 0.4) is 0 Å². The van der Waals surface area contributed by atoms with Crippen LogP contribution in [0.5, 0.6) is 5.75 Å².